The van der Waals surface area contributed by atoms with Gasteiger partial charge in [0.05, 0.1) is 6.10 Å². The summed E-state index contributed by atoms with van der Waals surface area (Å²) in [7, 11) is 1.87. The Balaban J connectivity index is 0.000000331. The summed E-state index contributed by atoms with van der Waals surface area (Å²) >= 11 is 0. The Hall–Kier alpha value is -1.18. The third-order valence-corrected chi connectivity index (χ3v) is 2.90. The molecule has 5 N–H and O–H groups in total. The molecule has 1 unspecified atom stereocenters. The third kappa shape index (κ3) is 5.95. The topological polar surface area (TPSA) is 124 Å². The first-order valence-corrected chi connectivity index (χ1v) is 5.79. The number of carboxylic acids is 2. The second-order valence-electron chi connectivity index (χ2n) is 4.52. The van der Waals surface area contributed by atoms with Crippen LogP contribution in [0.4, 0.5) is 0 Å². The zero-order chi connectivity index (χ0) is 14.5. The summed E-state index contributed by atoms with van der Waals surface area (Å²) in [6.07, 6.45) is 1.34. The smallest absolute Gasteiger partial charge is 0.323 e. The first-order valence-electron chi connectivity index (χ1n) is 5.79. The standard InChI is InChI=1S/C7H13NO2.C4H9NO3/c1-5(7(9)10)8(2)6-3-4-6;1-2(6)3(5)4(7)8/h5-6H,3-4H2,1-2H3,(H,9,10);2-3,6H,5H2,1H3,(H,7,8)/t;2-,3+/m.1/s1. The first kappa shape index (κ1) is 16.8. The van der Waals surface area contributed by atoms with Gasteiger partial charge in [-0.05, 0) is 33.7 Å². The third-order valence-electron chi connectivity index (χ3n) is 2.90. The number of aliphatic hydroxyl groups is 1. The van der Waals surface area contributed by atoms with E-state index in [0.717, 1.165) is 12.8 Å². The zero-order valence-corrected chi connectivity index (χ0v) is 10.9. The Morgan fingerprint density at radius 2 is 1.67 bits per heavy atom. The summed E-state index contributed by atoms with van der Waals surface area (Å²) in [5, 5.41) is 25.1. The van der Waals surface area contributed by atoms with E-state index < -0.39 is 24.1 Å². The minimum atomic E-state index is -1.18. The van der Waals surface area contributed by atoms with Crippen molar-refractivity contribution in [1.29, 1.82) is 0 Å². The predicted molar refractivity (Wildman–Crippen MR) is 65.2 cm³/mol. The molecule has 7 heteroatoms. The maximum Gasteiger partial charge on any atom is 0.323 e. The molecule has 18 heavy (non-hydrogen) atoms. The highest BCUT2D eigenvalue weighted by Gasteiger charge is 2.31. The van der Waals surface area contributed by atoms with E-state index in [1.807, 2.05) is 11.9 Å². The molecule has 0 aliphatic heterocycles. The van der Waals surface area contributed by atoms with Gasteiger partial charge < -0.3 is 21.1 Å². The number of rotatable bonds is 5. The largest absolute Gasteiger partial charge is 0.480 e. The molecule has 0 aromatic heterocycles. The first-order chi connectivity index (χ1) is 8.18. The molecule has 1 saturated carbocycles. The van der Waals surface area contributed by atoms with Gasteiger partial charge in [-0.25, -0.2) is 0 Å². The molecule has 7 nitrogen and oxygen atoms in total. The van der Waals surface area contributed by atoms with Gasteiger partial charge in [-0.3, -0.25) is 14.5 Å². The van der Waals surface area contributed by atoms with Crippen LogP contribution in [0, 0.1) is 0 Å². The van der Waals surface area contributed by atoms with Crippen LogP contribution in [0.15, 0.2) is 0 Å². The number of carbonyl (C=O) groups is 2. The molecule has 3 atom stereocenters. The molecule has 1 rings (SSSR count). The van der Waals surface area contributed by atoms with Crippen molar-refractivity contribution in [2.24, 2.45) is 5.73 Å². The van der Waals surface area contributed by atoms with Crippen molar-refractivity contribution < 1.29 is 24.9 Å². The van der Waals surface area contributed by atoms with E-state index in [2.05, 4.69) is 0 Å². The highest BCUT2D eigenvalue weighted by molar-refractivity contribution is 5.73. The fourth-order valence-electron chi connectivity index (χ4n) is 1.18. The lowest BCUT2D eigenvalue weighted by Gasteiger charge is -2.19. The monoisotopic (exact) mass is 262 g/mol. The van der Waals surface area contributed by atoms with Crippen LogP contribution >= 0.6 is 0 Å². The molecule has 1 aliphatic carbocycles. The van der Waals surface area contributed by atoms with Gasteiger partial charge in [0.25, 0.3) is 0 Å². The van der Waals surface area contributed by atoms with Crippen LogP contribution in [-0.4, -0.2) is 63.4 Å². The summed E-state index contributed by atoms with van der Waals surface area (Å²) in [5.41, 5.74) is 4.91. The van der Waals surface area contributed by atoms with E-state index in [4.69, 9.17) is 21.1 Å². The molecule has 1 aliphatic rings. The lowest BCUT2D eigenvalue weighted by atomic mass is 10.2. The van der Waals surface area contributed by atoms with Crippen molar-refractivity contribution in [3.05, 3.63) is 0 Å². The molecular formula is C11H22N2O5. The SMILES string of the molecule is CC(C(=O)O)N(C)C1CC1.C[C@@H](O)[C@H](N)C(=O)O. The number of nitrogens with zero attached hydrogens (tertiary/aromatic N) is 1. The van der Waals surface area contributed by atoms with Crippen LogP contribution in [0.3, 0.4) is 0 Å². The van der Waals surface area contributed by atoms with Crippen LogP contribution < -0.4 is 5.73 Å². The number of hydrogen-bond donors (Lipinski definition) is 4. The molecule has 0 saturated heterocycles. The molecule has 1 fully saturated rings. The van der Waals surface area contributed by atoms with Crippen LogP contribution in [0.1, 0.15) is 26.7 Å². The van der Waals surface area contributed by atoms with Crippen molar-refractivity contribution in [2.75, 3.05) is 7.05 Å². The van der Waals surface area contributed by atoms with Gasteiger partial charge >= 0.3 is 11.9 Å². The predicted octanol–water partition coefficient (Wildman–Crippen LogP) is -0.667. The van der Waals surface area contributed by atoms with Crippen LogP contribution in [0.25, 0.3) is 0 Å². The van der Waals surface area contributed by atoms with Gasteiger partial charge in [0.2, 0.25) is 0 Å². The fourth-order valence-corrected chi connectivity index (χ4v) is 1.18. The summed E-state index contributed by atoms with van der Waals surface area (Å²) in [6, 6.07) is -0.950. The summed E-state index contributed by atoms with van der Waals surface area (Å²) in [5.74, 6) is -1.91. The Kier molecular flexibility index (Phi) is 6.82. The van der Waals surface area contributed by atoms with Crippen LogP contribution in [0.2, 0.25) is 0 Å². The minimum Gasteiger partial charge on any atom is -0.480 e. The normalized spacial score (nSPS) is 19.4. The summed E-state index contributed by atoms with van der Waals surface area (Å²) < 4.78 is 0. The second kappa shape index (κ2) is 7.30. The maximum absolute atomic E-state index is 10.4. The molecule has 0 aromatic carbocycles. The van der Waals surface area contributed by atoms with E-state index in [9.17, 15) is 9.59 Å². The summed E-state index contributed by atoms with van der Waals surface area (Å²) in [4.78, 5) is 22.2. The number of likely N-dealkylation sites (N-methyl/N-ethyl adjacent to an activating group) is 1. The van der Waals surface area contributed by atoms with Crippen molar-refractivity contribution in [3.8, 4) is 0 Å². The number of carboxylic acid groups (broad SMARTS) is 2. The second-order valence-corrected chi connectivity index (χ2v) is 4.52. The molecule has 0 bridgehead atoms. The van der Waals surface area contributed by atoms with E-state index in [0.29, 0.717) is 6.04 Å². The highest BCUT2D eigenvalue weighted by atomic mass is 16.4. The van der Waals surface area contributed by atoms with Crippen molar-refractivity contribution in [3.63, 3.8) is 0 Å². The Morgan fingerprint density at radius 1 is 1.22 bits per heavy atom. The molecule has 0 radical (unpaired) electrons. The number of aliphatic carboxylic acids is 2. The number of aliphatic hydroxyl groups excluding tert-OH is 1. The van der Waals surface area contributed by atoms with Gasteiger partial charge in [-0.15, -0.1) is 0 Å². The van der Waals surface area contributed by atoms with Crippen molar-refractivity contribution in [1.82, 2.24) is 4.90 Å². The van der Waals surface area contributed by atoms with Crippen molar-refractivity contribution in [2.45, 2.75) is 50.9 Å². The highest BCUT2D eigenvalue weighted by Crippen LogP contribution is 2.26. The lowest BCUT2D eigenvalue weighted by molar-refractivity contribution is -0.142. The number of hydrogen-bond acceptors (Lipinski definition) is 5. The molecule has 0 aromatic rings. The van der Waals surface area contributed by atoms with E-state index >= 15 is 0 Å². The van der Waals surface area contributed by atoms with Crippen molar-refractivity contribution >= 4 is 11.9 Å². The Labute approximate surface area is 106 Å². The summed E-state index contributed by atoms with van der Waals surface area (Å²) in [6.45, 7) is 3.06. The number of nitrogens with two attached hydrogens (primary N) is 1. The zero-order valence-electron chi connectivity index (χ0n) is 10.9. The van der Waals surface area contributed by atoms with E-state index in [-0.39, 0.29) is 6.04 Å². The van der Waals surface area contributed by atoms with Crippen LogP contribution in [0.5, 0.6) is 0 Å². The quantitative estimate of drug-likeness (QED) is 0.518. The molecule has 0 heterocycles. The van der Waals surface area contributed by atoms with Crippen LogP contribution in [-0.2, 0) is 9.59 Å². The van der Waals surface area contributed by atoms with Gasteiger partial charge in [-0.2, -0.15) is 0 Å². The average Bonchev–Trinajstić information content (AvgIpc) is 3.10. The average molecular weight is 262 g/mol. The van der Waals surface area contributed by atoms with Gasteiger partial charge in [-0.1, -0.05) is 0 Å². The van der Waals surface area contributed by atoms with E-state index in [1.54, 1.807) is 6.92 Å². The molecule has 0 amide bonds. The van der Waals surface area contributed by atoms with Gasteiger partial charge in [0, 0.05) is 6.04 Å². The molecule has 0 spiro atoms. The Bertz CT molecular complexity index is 291. The molecular weight excluding hydrogens is 240 g/mol. The lowest BCUT2D eigenvalue weighted by Crippen LogP contribution is -2.39. The Morgan fingerprint density at radius 3 is 1.83 bits per heavy atom. The van der Waals surface area contributed by atoms with Gasteiger partial charge in [0.15, 0.2) is 0 Å². The maximum atomic E-state index is 10.4. The molecule has 106 valence electrons. The minimum absolute atomic E-state index is 0.326. The fraction of sp³-hybridized carbons (Fsp3) is 0.818. The van der Waals surface area contributed by atoms with Gasteiger partial charge in [0.1, 0.15) is 12.1 Å². The van der Waals surface area contributed by atoms with E-state index in [1.165, 1.54) is 6.92 Å².